The van der Waals surface area contributed by atoms with Gasteiger partial charge in [-0.3, -0.25) is 4.79 Å². The van der Waals surface area contributed by atoms with E-state index in [1.807, 2.05) is 12.1 Å². The van der Waals surface area contributed by atoms with Crippen LogP contribution in [0.2, 0.25) is 0 Å². The van der Waals surface area contributed by atoms with E-state index in [-0.39, 0.29) is 17.9 Å². The lowest BCUT2D eigenvalue weighted by atomic mass is 9.90. The number of carbonyl (C=O) groups is 2. The molecule has 2 atom stereocenters. The van der Waals surface area contributed by atoms with Crippen molar-refractivity contribution >= 4 is 17.6 Å². The molecule has 7 heteroatoms. The van der Waals surface area contributed by atoms with Crippen molar-refractivity contribution in [3.05, 3.63) is 54.0 Å². The molecule has 0 bridgehead atoms. The van der Waals surface area contributed by atoms with Crippen molar-refractivity contribution in [2.24, 2.45) is 0 Å². The predicted octanol–water partition coefficient (Wildman–Crippen LogP) is 2.21. The number of fused-ring (bicyclic) bond motifs is 1. The van der Waals surface area contributed by atoms with E-state index in [1.54, 1.807) is 25.3 Å². The lowest BCUT2D eigenvalue weighted by Gasteiger charge is -2.33. The summed E-state index contributed by atoms with van der Waals surface area (Å²) < 4.78 is 5.17. The number of urea groups is 1. The summed E-state index contributed by atoms with van der Waals surface area (Å²) in [5, 5.41) is 8.31. The Bertz CT molecular complexity index is 775. The number of hydrogen-bond acceptors (Lipinski definition) is 4. The van der Waals surface area contributed by atoms with Gasteiger partial charge in [0.2, 0.25) is 5.91 Å². The van der Waals surface area contributed by atoms with Gasteiger partial charge in [0, 0.05) is 31.7 Å². The maximum absolute atomic E-state index is 12.2. The van der Waals surface area contributed by atoms with Crippen LogP contribution in [0, 0.1) is 0 Å². The summed E-state index contributed by atoms with van der Waals surface area (Å²) in [5.41, 5.74) is 2.46. The zero-order chi connectivity index (χ0) is 19.2. The average Bonchev–Trinajstić information content (AvgIpc) is 3.19. The SMILES string of the molecule is C[C@@H](NC(=O)NC[C@@H]1CCN(C)c2ccccc21)C(=O)NCc1ccco1. The Labute approximate surface area is 159 Å². The van der Waals surface area contributed by atoms with Crippen LogP contribution in [-0.2, 0) is 11.3 Å². The van der Waals surface area contributed by atoms with Crippen molar-refractivity contribution in [2.45, 2.75) is 31.8 Å². The van der Waals surface area contributed by atoms with Crippen molar-refractivity contribution in [1.29, 1.82) is 0 Å². The largest absolute Gasteiger partial charge is 0.467 e. The second-order valence-electron chi connectivity index (χ2n) is 6.84. The van der Waals surface area contributed by atoms with Gasteiger partial charge in [-0.15, -0.1) is 0 Å². The first-order chi connectivity index (χ1) is 13.0. The first-order valence-electron chi connectivity index (χ1n) is 9.19. The summed E-state index contributed by atoms with van der Waals surface area (Å²) in [6.07, 6.45) is 2.53. The third kappa shape index (κ3) is 4.81. The number of furan rings is 1. The zero-order valence-corrected chi connectivity index (χ0v) is 15.7. The van der Waals surface area contributed by atoms with Gasteiger partial charge in [0.1, 0.15) is 11.8 Å². The van der Waals surface area contributed by atoms with E-state index in [1.165, 1.54) is 11.3 Å². The number of hydrogen-bond donors (Lipinski definition) is 3. The number of rotatable bonds is 6. The molecule has 0 spiro atoms. The predicted molar refractivity (Wildman–Crippen MR) is 104 cm³/mol. The van der Waals surface area contributed by atoms with Crippen LogP contribution in [0.4, 0.5) is 10.5 Å². The molecular weight excluding hydrogens is 344 g/mol. The van der Waals surface area contributed by atoms with Crippen LogP contribution in [0.3, 0.4) is 0 Å². The summed E-state index contributed by atoms with van der Waals surface area (Å²) in [5.74, 6) is 0.679. The van der Waals surface area contributed by atoms with Crippen LogP contribution in [0.1, 0.15) is 30.6 Å². The zero-order valence-electron chi connectivity index (χ0n) is 15.7. The Morgan fingerprint density at radius 1 is 1.22 bits per heavy atom. The molecule has 1 aromatic heterocycles. The number of benzene rings is 1. The minimum absolute atomic E-state index is 0.258. The first-order valence-corrected chi connectivity index (χ1v) is 9.19. The van der Waals surface area contributed by atoms with E-state index in [4.69, 9.17) is 4.42 Å². The number of anilines is 1. The summed E-state index contributed by atoms with van der Waals surface area (Å²) in [6, 6.07) is 10.8. The van der Waals surface area contributed by atoms with Crippen LogP contribution >= 0.6 is 0 Å². The van der Waals surface area contributed by atoms with Crippen molar-refractivity contribution < 1.29 is 14.0 Å². The van der Waals surface area contributed by atoms with Crippen LogP contribution in [0.15, 0.2) is 47.1 Å². The second-order valence-corrected chi connectivity index (χ2v) is 6.84. The number of nitrogens with zero attached hydrogens (tertiary/aromatic N) is 1. The molecule has 1 aliphatic rings. The van der Waals surface area contributed by atoms with Gasteiger partial charge in [0.25, 0.3) is 0 Å². The minimum Gasteiger partial charge on any atom is -0.467 e. The summed E-state index contributed by atoms with van der Waals surface area (Å²) in [7, 11) is 2.08. The quantitative estimate of drug-likeness (QED) is 0.728. The van der Waals surface area contributed by atoms with E-state index in [2.05, 4.69) is 40.0 Å². The van der Waals surface area contributed by atoms with Gasteiger partial charge >= 0.3 is 6.03 Å². The molecule has 2 heterocycles. The topological polar surface area (TPSA) is 86.6 Å². The highest BCUT2D eigenvalue weighted by atomic mass is 16.3. The molecule has 1 aromatic carbocycles. The van der Waals surface area contributed by atoms with Gasteiger partial charge in [0.05, 0.1) is 12.8 Å². The summed E-state index contributed by atoms with van der Waals surface area (Å²) in [4.78, 5) is 26.5. The fraction of sp³-hybridized carbons (Fsp3) is 0.400. The lowest BCUT2D eigenvalue weighted by molar-refractivity contribution is -0.122. The van der Waals surface area contributed by atoms with Crippen LogP contribution in [-0.4, -0.2) is 38.1 Å². The molecule has 2 aromatic rings. The molecule has 0 radical (unpaired) electrons. The number of carbonyl (C=O) groups excluding carboxylic acids is 2. The maximum Gasteiger partial charge on any atom is 0.315 e. The molecular formula is C20H26N4O3. The molecule has 0 unspecified atom stereocenters. The molecule has 3 N–H and O–H groups in total. The van der Waals surface area contributed by atoms with E-state index in [0.717, 1.165) is 13.0 Å². The number of nitrogens with one attached hydrogen (secondary N) is 3. The molecule has 0 saturated heterocycles. The molecule has 0 saturated carbocycles. The highest BCUT2D eigenvalue weighted by Gasteiger charge is 2.23. The monoisotopic (exact) mass is 370 g/mol. The van der Waals surface area contributed by atoms with Gasteiger partial charge in [-0.25, -0.2) is 4.79 Å². The Morgan fingerprint density at radius 2 is 2.04 bits per heavy atom. The smallest absolute Gasteiger partial charge is 0.315 e. The highest BCUT2D eigenvalue weighted by Crippen LogP contribution is 2.33. The highest BCUT2D eigenvalue weighted by molar-refractivity contribution is 5.86. The second kappa shape index (κ2) is 8.62. The van der Waals surface area contributed by atoms with E-state index in [9.17, 15) is 9.59 Å². The van der Waals surface area contributed by atoms with Gasteiger partial charge in [0.15, 0.2) is 0 Å². The summed E-state index contributed by atoms with van der Waals surface area (Å²) in [6.45, 7) is 3.45. The van der Waals surface area contributed by atoms with E-state index >= 15 is 0 Å². The molecule has 27 heavy (non-hydrogen) atoms. The van der Waals surface area contributed by atoms with Crippen LogP contribution < -0.4 is 20.9 Å². The van der Waals surface area contributed by atoms with Crippen LogP contribution in [0.5, 0.6) is 0 Å². The molecule has 3 amide bonds. The normalized spacial score (nSPS) is 17.0. The Kier molecular flexibility index (Phi) is 6.01. The van der Waals surface area contributed by atoms with Crippen molar-refractivity contribution in [1.82, 2.24) is 16.0 Å². The Morgan fingerprint density at radius 3 is 2.81 bits per heavy atom. The lowest BCUT2D eigenvalue weighted by Crippen LogP contribution is -2.49. The van der Waals surface area contributed by atoms with Gasteiger partial charge < -0.3 is 25.3 Å². The molecule has 144 valence electrons. The molecule has 3 rings (SSSR count). The van der Waals surface area contributed by atoms with Crippen molar-refractivity contribution in [3.63, 3.8) is 0 Å². The van der Waals surface area contributed by atoms with Gasteiger partial charge in [-0.05, 0) is 37.1 Å². The third-order valence-electron chi connectivity index (χ3n) is 4.87. The fourth-order valence-corrected chi connectivity index (χ4v) is 3.29. The Hall–Kier alpha value is -2.96. The van der Waals surface area contributed by atoms with E-state index < -0.39 is 6.04 Å². The maximum atomic E-state index is 12.2. The molecule has 0 fully saturated rings. The Balaban J connectivity index is 1.45. The van der Waals surface area contributed by atoms with Crippen molar-refractivity contribution in [3.8, 4) is 0 Å². The average molecular weight is 370 g/mol. The third-order valence-corrected chi connectivity index (χ3v) is 4.87. The fourth-order valence-electron chi connectivity index (χ4n) is 3.29. The number of para-hydroxylation sites is 1. The minimum atomic E-state index is -0.635. The molecule has 7 nitrogen and oxygen atoms in total. The number of amides is 3. The van der Waals surface area contributed by atoms with Gasteiger partial charge in [-0.2, -0.15) is 0 Å². The first kappa shape index (κ1) is 18.8. The van der Waals surface area contributed by atoms with Gasteiger partial charge in [-0.1, -0.05) is 18.2 Å². The van der Waals surface area contributed by atoms with Crippen molar-refractivity contribution in [2.75, 3.05) is 25.0 Å². The molecule has 1 aliphatic heterocycles. The molecule has 0 aliphatic carbocycles. The van der Waals surface area contributed by atoms with E-state index in [0.29, 0.717) is 18.8 Å². The standard InChI is InChI=1S/C20H26N4O3/c1-14(19(25)21-13-16-6-5-11-27-16)23-20(26)22-12-15-9-10-24(2)18-8-4-3-7-17(15)18/h3-8,11,14-15H,9-10,12-13H2,1-2H3,(H,21,25)(H2,22,23,26)/t14-,15+/m1/s1. The van der Waals surface area contributed by atoms with Crippen LogP contribution in [0.25, 0.3) is 0 Å². The summed E-state index contributed by atoms with van der Waals surface area (Å²) >= 11 is 0.